The van der Waals surface area contributed by atoms with Crippen molar-refractivity contribution in [3.8, 4) is 0 Å². The second kappa shape index (κ2) is 11.7. The summed E-state index contributed by atoms with van der Waals surface area (Å²) in [6.07, 6.45) is 7.22. The molecule has 4 rings (SSSR count). The monoisotopic (exact) mass is 532 g/mol. The molecule has 2 aromatic carbocycles. The molecule has 0 N–H and O–H groups in total. The van der Waals surface area contributed by atoms with E-state index in [0.717, 1.165) is 19.1 Å². The maximum atomic E-state index is 13.0. The fraction of sp³-hybridized carbons (Fsp3) is 0.515. The van der Waals surface area contributed by atoms with E-state index in [-0.39, 0.29) is 52.8 Å². The van der Waals surface area contributed by atoms with Crippen LogP contribution in [-0.4, -0.2) is 32.8 Å². The Kier molecular flexibility index (Phi) is 8.78. The van der Waals surface area contributed by atoms with Crippen LogP contribution in [0.2, 0.25) is 5.04 Å². The van der Waals surface area contributed by atoms with Crippen LogP contribution in [0.3, 0.4) is 0 Å². The van der Waals surface area contributed by atoms with Crippen molar-refractivity contribution < 1.29 is 18.8 Å². The summed E-state index contributed by atoms with van der Waals surface area (Å²) in [5.41, 5.74) is 0. The predicted octanol–water partition coefficient (Wildman–Crippen LogP) is 5.94. The Morgan fingerprint density at radius 1 is 1.00 bits per heavy atom. The van der Waals surface area contributed by atoms with Gasteiger partial charge in [-0.25, -0.2) is 0 Å². The summed E-state index contributed by atoms with van der Waals surface area (Å²) < 4.78 is 13.7. The van der Waals surface area contributed by atoms with E-state index in [1.165, 1.54) is 10.4 Å². The molecular weight excluding hydrogens is 488 g/mol. The van der Waals surface area contributed by atoms with Gasteiger partial charge in [-0.2, -0.15) is 0 Å². The summed E-state index contributed by atoms with van der Waals surface area (Å²) in [6, 6.07) is 21.3. The molecule has 4 nitrogen and oxygen atoms in total. The van der Waals surface area contributed by atoms with E-state index < -0.39 is 8.32 Å². The Bertz CT molecular complexity index is 1070. The molecule has 0 spiro atoms. The Labute approximate surface area is 230 Å². The van der Waals surface area contributed by atoms with E-state index in [1.807, 2.05) is 13.8 Å². The van der Waals surface area contributed by atoms with Gasteiger partial charge in [-0.1, -0.05) is 114 Å². The van der Waals surface area contributed by atoms with Gasteiger partial charge in [0.1, 0.15) is 12.4 Å². The van der Waals surface area contributed by atoms with Crippen molar-refractivity contribution in [1.82, 2.24) is 0 Å². The average molecular weight is 533 g/mol. The van der Waals surface area contributed by atoms with E-state index in [4.69, 9.17) is 9.16 Å². The first kappa shape index (κ1) is 28.5. The van der Waals surface area contributed by atoms with Gasteiger partial charge in [-0.15, -0.1) is 0 Å². The number of rotatable bonds is 8. The van der Waals surface area contributed by atoms with Crippen molar-refractivity contribution in [1.29, 1.82) is 0 Å². The van der Waals surface area contributed by atoms with Gasteiger partial charge < -0.3 is 14.0 Å². The fourth-order valence-corrected chi connectivity index (χ4v) is 11.3. The van der Waals surface area contributed by atoms with Crippen molar-refractivity contribution in [2.45, 2.75) is 78.1 Å². The number of allylic oxidation sites excluding steroid dienone is 2. The van der Waals surface area contributed by atoms with E-state index in [1.54, 1.807) is 0 Å². The van der Waals surface area contributed by atoms with Gasteiger partial charge in [0.05, 0.1) is 5.92 Å². The molecule has 204 valence electrons. The molecule has 1 saturated carbocycles. The van der Waals surface area contributed by atoms with Crippen LogP contribution in [0, 0.1) is 29.6 Å². The highest BCUT2D eigenvalue weighted by molar-refractivity contribution is 6.99. The van der Waals surface area contributed by atoms with Gasteiger partial charge in [0.2, 0.25) is 0 Å². The molecule has 2 aliphatic rings. The van der Waals surface area contributed by atoms with E-state index >= 15 is 0 Å². The molecular formula is C33H44O4Si. The maximum Gasteiger partial charge on any atom is 0.308 e. The minimum absolute atomic E-state index is 0.0143. The number of ether oxygens (including phenoxy) is 1. The van der Waals surface area contributed by atoms with Crippen molar-refractivity contribution in [2.75, 3.05) is 0 Å². The zero-order valence-electron chi connectivity index (χ0n) is 23.8. The van der Waals surface area contributed by atoms with Gasteiger partial charge in [0, 0.05) is 24.4 Å². The summed E-state index contributed by atoms with van der Waals surface area (Å²) in [5, 5.41) is 2.35. The van der Waals surface area contributed by atoms with Gasteiger partial charge in [-0.05, 0) is 40.1 Å². The lowest BCUT2D eigenvalue weighted by atomic mass is 9.63. The summed E-state index contributed by atoms with van der Waals surface area (Å²) >= 11 is 0. The molecule has 38 heavy (non-hydrogen) atoms. The standard InChI is InChI=1S/C33H44O4Si/c1-7-23(2)32(35)36-30-21-26(20-25-19-18-24(3)29(22-34)31(25)30)37-38(33(4,5)6,27-14-10-8-11-15-27)28-16-12-9-13-17-28/h8-19,22-26,29-31H,7,20-21H2,1-6H3/t23-,24-,25?,26+,29-,30?,31?/m0/s1. The summed E-state index contributed by atoms with van der Waals surface area (Å²) in [7, 11) is -2.76. The SMILES string of the molecule is CC[C@H](C)C(=O)OC1C[C@H](O[Si](c2ccccc2)(c2ccccc2)C(C)(C)C)CC2C=C[C@H](C)[C@H](C=O)C21. The van der Waals surface area contributed by atoms with Crippen molar-refractivity contribution in [3.05, 3.63) is 72.8 Å². The third kappa shape index (κ3) is 5.46. The van der Waals surface area contributed by atoms with Gasteiger partial charge in [-0.3, -0.25) is 4.79 Å². The Hall–Kier alpha value is -2.50. The quantitative estimate of drug-likeness (QED) is 0.183. The molecule has 0 aliphatic heterocycles. The zero-order valence-corrected chi connectivity index (χ0v) is 24.8. The number of hydrogen-bond acceptors (Lipinski definition) is 4. The lowest BCUT2D eigenvalue weighted by Gasteiger charge is -2.50. The number of aldehydes is 1. The Morgan fingerprint density at radius 2 is 1.58 bits per heavy atom. The minimum Gasteiger partial charge on any atom is -0.462 e. The number of hydrogen-bond donors (Lipinski definition) is 0. The molecule has 3 unspecified atom stereocenters. The third-order valence-corrected chi connectivity index (χ3v) is 14.0. The number of carbonyl (C=O) groups is 2. The summed E-state index contributed by atoms with van der Waals surface area (Å²) in [5.74, 6) is -0.249. The largest absolute Gasteiger partial charge is 0.462 e. The van der Waals surface area contributed by atoms with Crippen molar-refractivity contribution >= 4 is 30.9 Å². The van der Waals surface area contributed by atoms with Crippen LogP contribution in [0.5, 0.6) is 0 Å². The Balaban J connectivity index is 1.77. The first-order valence-corrected chi connectivity index (χ1v) is 16.2. The van der Waals surface area contributed by atoms with Gasteiger partial charge >= 0.3 is 5.97 Å². The highest BCUT2D eigenvalue weighted by atomic mass is 28.4. The Morgan fingerprint density at radius 3 is 2.08 bits per heavy atom. The van der Waals surface area contributed by atoms with Crippen LogP contribution in [0.4, 0.5) is 0 Å². The van der Waals surface area contributed by atoms with Crippen molar-refractivity contribution in [2.24, 2.45) is 29.6 Å². The molecule has 7 atom stereocenters. The minimum atomic E-state index is -2.76. The fourth-order valence-electron chi connectivity index (χ4n) is 6.60. The van der Waals surface area contributed by atoms with Crippen LogP contribution in [0.15, 0.2) is 72.8 Å². The molecule has 0 bridgehead atoms. The molecule has 0 saturated heterocycles. The highest BCUT2D eigenvalue weighted by Gasteiger charge is 2.54. The first-order chi connectivity index (χ1) is 18.1. The van der Waals surface area contributed by atoms with E-state index in [2.05, 4.69) is 101 Å². The van der Waals surface area contributed by atoms with Crippen LogP contribution in [0.1, 0.15) is 60.8 Å². The topological polar surface area (TPSA) is 52.6 Å². The smallest absolute Gasteiger partial charge is 0.308 e. The molecule has 0 amide bonds. The third-order valence-electron chi connectivity index (χ3n) is 8.87. The molecule has 0 aromatic heterocycles. The van der Waals surface area contributed by atoms with Gasteiger partial charge in [0.15, 0.2) is 0 Å². The van der Waals surface area contributed by atoms with Crippen LogP contribution >= 0.6 is 0 Å². The number of fused-ring (bicyclic) bond motifs is 1. The second-order valence-corrected chi connectivity index (χ2v) is 16.6. The normalized spacial score (nSPS) is 28.3. The van der Waals surface area contributed by atoms with E-state index in [9.17, 15) is 9.59 Å². The summed E-state index contributed by atoms with van der Waals surface area (Å²) in [6.45, 7) is 12.9. The zero-order chi connectivity index (χ0) is 27.5. The molecule has 0 heterocycles. The average Bonchev–Trinajstić information content (AvgIpc) is 2.91. The molecule has 5 heteroatoms. The van der Waals surface area contributed by atoms with Gasteiger partial charge in [0.25, 0.3) is 8.32 Å². The summed E-state index contributed by atoms with van der Waals surface area (Å²) in [4.78, 5) is 25.3. The second-order valence-electron chi connectivity index (χ2n) is 12.4. The molecule has 2 aromatic rings. The lowest BCUT2D eigenvalue weighted by Crippen LogP contribution is -2.68. The highest BCUT2D eigenvalue weighted by Crippen LogP contribution is 2.47. The molecule has 0 radical (unpaired) electrons. The van der Waals surface area contributed by atoms with Crippen LogP contribution in [0.25, 0.3) is 0 Å². The lowest BCUT2D eigenvalue weighted by molar-refractivity contribution is -0.166. The predicted molar refractivity (Wildman–Crippen MR) is 156 cm³/mol. The molecule has 2 aliphatic carbocycles. The maximum absolute atomic E-state index is 13.0. The number of benzene rings is 2. The van der Waals surface area contributed by atoms with Crippen LogP contribution in [-0.2, 0) is 18.8 Å². The number of carbonyl (C=O) groups excluding carboxylic acids is 2. The number of esters is 1. The van der Waals surface area contributed by atoms with Crippen molar-refractivity contribution in [3.63, 3.8) is 0 Å². The first-order valence-electron chi connectivity index (χ1n) is 14.2. The molecule has 1 fully saturated rings. The van der Waals surface area contributed by atoms with E-state index in [0.29, 0.717) is 6.42 Å². The van der Waals surface area contributed by atoms with Crippen LogP contribution < -0.4 is 10.4 Å².